The van der Waals surface area contributed by atoms with Crippen molar-refractivity contribution in [3.63, 3.8) is 0 Å². The standard InChI is InChI=1S/C23H26N2O6/c1-3-29-18-10-6-4-8-16(18)12-13-22(27)30-15-21(26)25-14-20(23(28)24-2)31-19-11-7-5-9-17(19)25/h4-11,20H,3,12-15H2,1-2H3,(H,24,28). The Labute approximate surface area is 181 Å². The van der Waals surface area contributed by atoms with E-state index in [0.29, 0.717) is 24.5 Å². The summed E-state index contributed by atoms with van der Waals surface area (Å²) in [6, 6.07) is 14.4. The highest BCUT2D eigenvalue weighted by Gasteiger charge is 2.33. The van der Waals surface area contributed by atoms with E-state index in [1.807, 2.05) is 31.2 Å². The van der Waals surface area contributed by atoms with Gasteiger partial charge in [-0.1, -0.05) is 30.3 Å². The van der Waals surface area contributed by atoms with E-state index in [0.717, 1.165) is 11.3 Å². The van der Waals surface area contributed by atoms with Crippen molar-refractivity contribution in [3.8, 4) is 11.5 Å². The normalized spacial score (nSPS) is 14.8. The van der Waals surface area contributed by atoms with Gasteiger partial charge in [0.15, 0.2) is 12.7 Å². The third-order valence-electron chi connectivity index (χ3n) is 4.84. The summed E-state index contributed by atoms with van der Waals surface area (Å²) in [7, 11) is 1.50. The molecule has 1 unspecified atom stereocenters. The lowest BCUT2D eigenvalue weighted by Crippen LogP contribution is -2.51. The van der Waals surface area contributed by atoms with Crippen LogP contribution in [0, 0.1) is 0 Å². The van der Waals surface area contributed by atoms with Gasteiger partial charge in [0.05, 0.1) is 18.8 Å². The molecule has 0 aromatic heterocycles. The first-order chi connectivity index (χ1) is 15.0. The number of benzene rings is 2. The fraction of sp³-hybridized carbons (Fsp3) is 0.348. The Morgan fingerprint density at radius 3 is 2.65 bits per heavy atom. The molecule has 0 aliphatic carbocycles. The molecule has 164 valence electrons. The van der Waals surface area contributed by atoms with E-state index in [-0.39, 0.29) is 18.9 Å². The van der Waals surface area contributed by atoms with Crippen LogP contribution < -0.4 is 19.7 Å². The van der Waals surface area contributed by atoms with Crippen molar-refractivity contribution in [1.82, 2.24) is 5.32 Å². The summed E-state index contributed by atoms with van der Waals surface area (Å²) in [6.45, 7) is 2.05. The Bertz CT molecular complexity index is 945. The number of nitrogens with zero attached hydrogens (tertiary/aromatic N) is 1. The van der Waals surface area contributed by atoms with E-state index < -0.39 is 24.6 Å². The Balaban J connectivity index is 1.58. The number of aryl methyl sites for hydroxylation is 1. The highest BCUT2D eigenvalue weighted by molar-refractivity contribution is 5.98. The van der Waals surface area contributed by atoms with Crippen LogP contribution in [-0.4, -0.2) is 50.7 Å². The molecule has 3 rings (SSSR count). The third-order valence-corrected chi connectivity index (χ3v) is 4.84. The number of fused-ring (bicyclic) bond motifs is 1. The van der Waals surface area contributed by atoms with Gasteiger partial charge in [-0.15, -0.1) is 0 Å². The fourth-order valence-corrected chi connectivity index (χ4v) is 3.30. The maximum absolute atomic E-state index is 12.8. The summed E-state index contributed by atoms with van der Waals surface area (Å²) in [5, 5.41) is 2.52. The molecule has 2 amide bonds. The first-order valence-electron chi connectivity index (χ1n) is 10.2. The maximum Gasteiger partial charge on any atom is 0.306 e. The number of nitrogens with one attached hydrogen (secondary N) is 1. The number of hydrogen-bond acceptors (Lipinski definition) is 6. The van der Waals surface area contributed by atoms with Crippen LogP contribution in [0.4, 0.5) is 5.69 Å². The van der Waals surface area contributed by atoms with Crippen LogP contribution in [0.1, 0.15) is 18.9 Å². The van der Waals surface area contributed by atoms with Gasteiger partial charge in [0.25, 0.3) is 11.8 Å². The Kier molecular flexibility index (Phi) is 7.48. The Morgan fingerprint density at radius 1 is 1.13 bits per heavy atom. The summed E-state index contributed by atoms with van der Waals surface area (Å²) < 4.78 is 16.4. The lowest BCUT2D eigenvalue weighted by atomic mass is 10.1. The number of rotatable bonds is 8. The van der Waals surface area contributed by atoms with Crippen molar-refractivity contribution < 1.29 is 28.6 Å². The molecule has 2 aromatic carbocycles. The molecule has 8 heteroatoms. The lowest BCUT2D eigenvalue weighted by molar-refractivity contribution is -0.148. The van der Waals surface area contributed by atoms with Gasteiger partial charge in [0.1, 0.15) is 11.5 Å². The van der Waals surface area contributed by atoms with Gasteiger partial charge in [-0.05, 0) is 37.1 Å². The van der Waals surface area contributed by atoms with Gasteiger partial charge in [-0.3, -0.25) is 14.4 Å². The summed E-state index contributed by atoms with van der Waals surface area (Å²) in [5.74, 6) is -0.0809. The third kappa shape index (κ3) is 5.53. The zero-order valence-electron chi connectivity index (χ0n) is 17.6. The average molecular weight is 426 g/mol. The molecule has 0 radical (unpaired) electrons. The second kappa shape index (κ2) is 10.5. The number of ether oxygens (including phenoxy) is 3. The minimum absolute atomic E-state index is 0.0365. The number of carbonyl (C=O) groups is 3. The van der Waals surface area contributed by atoms with Gasteiger partial charge < -0.3 is 24.4 Å². The Morgan fingerprint density at radius 2 is 1.87 bits per heavy atom. The van der Waals surface area contributed by atoms with Crippen LogP contribution in [0.2, 0.25) is 0 Å². The number of likely N-dealkylation sites (N-methyl/N-ethyl adjacent to an activating group) is 1. The first-order valence-corrected chi connectivity index (χ1v) is 10.2. The quantitative estimate of drug-likeness (QED) is 0.650. The van der Waals surface area contributed by atoms with E-state index in [2.05, 4.69) is 5.32 Å². The van der Waals surface area contributed by atoms with Crippen molar-refractivity contribution in [2.45, 2.75) is 25.9 Å². The zero-order chi connectivity index (χ0) is 22.2. The zero-order valence-corrected chi connectivity index (χ0v) is 17.6. The Hall–Kier alpha value is -3.55. The van der Waals surface area contributed by atoms with Crippen molar-refractivity contribution in [2.24, 2.45) is 0 Å². The largest absolute Gasteiger partial charge is 0.494 e. The van der Waals surface area contributed by atoms with Gasteiger partial charge in [0.2, 0.25) is 0 Å². The molecule has 0 spiro atoms. The molecule has 1 aliphatic heterocycles. The smallest absolute Gasteiger partial charge is 0.306 e. The van der Waals surface area contributed by atoms with Crippen LogP contribution >= 0.6 is 0 Å². The minimum Gasteiger partial charge on any atom is -0.494 e. The predicted octanol–water partition coefficient (Wildman–Crippen LogP) is 2.10. The highest BCUT2D eigenvalue weighted by Crippen LogP contribution is 2.33. The van der Waals surface area contributed by atoms with Crippen LogP contribution in [0.15, 0.2) is 48.5 Å². The number of carbonyl (C=O) groups excluding carboxylic acids is 3. The molecule has 1 heterocycles. The highest BCUT2D eigenvalue weighted by atomic mass is 16.5. The predicted molar refractivity (Wildman–Crippen MR) is 114 cm³/mol. The van der Waals surface area contributed by atoms with E-state index in [1.165, 1.54) is 11.9 Å². The monoisotopic (exact) mass is 426 g/mol. The number of esters is 1. The van der Waals surface area contributed by atoms with Crippen molar-refractivity contribution in [3.05, 3.63) is 54.1 Å². The van der Waals surface area contributed by atoms with Gasteiger partial charge in [-0.2, -0.15) is 0 Å². The van der Waals surface area contributed by atoms with Crippen LogP contribution in [-0.2, 0) is 25.5 Å². The summed E-state index contributed by atoms with van der Waals surface area (Å²) in [5.41, 5.74) is 1.44. The van der Waals surface area contributed by atoms with Crippen molar-refractivity contribution in [2.75, 3.05) is 31.7 Å². The molecule has 0 bridgehead atoms. The van der Waals surface area contributed by atoms with E-state index in [9.17, 15) is 14.4 Å². The molecule has 0 saturated heterocycles. The molecule has 2 aromatic rings. The SMILES string of the molecule is CCOc1ccccc1CCC(=O)OCC(=O)N1CC(C(=O)NC)Oc2ccccc21. The van der Waals surface area contributed by atoms with Crippen LogP contribution in [0.5, 0.6) is 11.5 Å². The second-order valence-electron chi connectivity index (χ2n) is 6.89. The van der Waals surface area contributed by atoms with Gasteiger partial charge in [0, 0.05) is 13.5 Å². The van der Waals surface area contributed by atoms with E-state index in [4.69, 9.17) is 14.2 Å². The fourth-order valence-electron chi connectivity index (χ4n) is 3.30. The minimum atomic E-state index is -0.838. The average Bonchev–Trinajstić information content (AvgIpc) is 2.80. The summed E-state index contributed by atoms with van der Waals surface area (Å²) in [6.07, 6.45) is -0.269. The molecular formula is C23H26N2O6. The molecule has 0 saturated carbocycles. The molecule has 0 fully saturated rings. The van der Waals surface area contributed by atoms with Crippen molar-refractivity contribution >= 4 is 23.5 Å². The molecule has 1 N–H and O–H groups in total. The summed E-state index contributed by atoms with van der Waals surface area (Å²) >= 11 is 0. The number of hydrogen-bond donors (Lipinski definition) is 1. The van der Waals surface area contributed by atoms with E-state index in [1.54, 1.807) is 24.3 Å². The lowest BCUT2D eigenvalue weighted by Gasteiger charge is -2.33. The molecular weight excluding hydrogens is 400 g/mol. The van der Waals surface area contributed by atoms with Gasteiger partial charge in [-0.25, -0.2) is 0 Å². The van der Waals surface area contributed by atoms with Crippen LogP contribution in [0.3, 0.4) is 0 Å². The molecule has 1 aliphatic rings. The number of anilines is 1. The van der Waals surface area contributed by atoms with Gasteiger partial charge >= 0.3 is 5.97 Å². The number of para-hydroxylation sites is 3. The molecule has 31 heavy (non-hydrogen) atoms. The van der Waals surface area contributed by atoms with E-state index >= 15 is 0 Å². The maximum atomic E-state index is 12.8. The first kappa shape index (κ1) is 22.1. The number of amides is 2. The summed E-state index contributed by atoms with van der Waals surface area (Å²) in [4.78, 5) is 38.4. The molecule has 8 nitrogen and oxygen atoms in total. The van der Waals surface area contributed by atoms with Crippen molar-refractivity contribution in [1.29, 1.82) is 0 Å². The van der Waals surface area contributed by atoms with Crippen LogP contribution in [0.25, 0.3) is 0 Å². The topological polar surface area (TPSA) is 94.2 Å². The second-order valence-corrected chi connectivity index (χ2v) is 6.89. The molecule has 1 atom stereocenters.